The summed E-state index contributed by atoms with van der Waals surface area (Å²) in [5.74, 6) is -1.43. The Bertz CT molecular complexity index is 1060. The number of likely N-dealkylation sites (tertiary alicyclic amines) is 1. The lowest BCUT2D eigenvalue weighted by molar-refractivity contribution is 0.0755. The third-order valence-electron chi connectivity index (χ3n) is 6.55. The molecular weight excluding hydrogens is 518 g/mol. The van der Waals surface area contributed by atoms with Crippen LogP contribution in [0.25, 0.3) is 0 Å². The van der Waals surface area contributed by atoms with Crippen molar-refractivity contribution in [3.8, 4) is 0 Å². The van der Waals surface area contributed by atoms with E-state index in [9.17, 15) is 28.6 Å². The fraction of sp³-hybridized carbons (Fsp3) is 0.533. The van der Waals surface area contributed by atoms with Crippen LogP contribution in [0.2, 0.25) is 0 Å². The SMILES string of the molecule is CCCN(CCC)C(=O)c1cc(C)cc(C(=O)NCC(N)C(O)CN2CCC(O)C2)c1.Cc1cc(F)cc(F)c1. The number of hydrogen-bond donors (Lipinski definition) is 4. The van der Waals surface area contributed by atoms with Crippen molar-refractivity contribution in [1.82, 2.24) is 15.1 Å². The molecule has 40 heavy (non-hydrogen) atoms. The number of carbonyl (C=O) groups is 2. The minimum absolute atomic E-state index is 0.0682. The van der Waals surface area contributed by atoms with Crippen molar-refractivity contribution in [1.29, 1.82) is 0 Å². The van der Waals surface area contributed by atoms with Gasteiger partial charge in [0.2, 0.25) is 0 Å². The summed E-state index contributed by atoms with van der Waals surface area (Å²) >= 11 is 0. The van der Waals surface area contributed by atoms with Gasteiger partial charge in [-0.3, -0.25) is 14.5 Å². The quantitative estimate of drug-likeness (QED) is 0.334. The maximum atomic E-state index is 12.9. The number of amides is 2. The molecule has 3 unspecified atom stereocenters. The summed E-state index contributed by atoms with van der Waals surface area (Å²) < 4.78 is 24.4. The molecule has 1 aliphatic rings. The summed E-state index contributed by atoms with van der Waals surface area (Å²) in [6.45, 7) is 10.7. The molecule has 1 saturated heterocycles. The van der Waals surface area contributed by atoms with E-state index in [2.05, 4.69) is 5.32 Å². The van der Waals surface area contributed by atoms with E-state index in [0.717, 1.165) is 31.0 Å². The van der Waals surface area contributed by atoms with Gasteiger partial charge >= 0.3 is 0 Å². The summed E-state index contributed by atoms with van der Waals surface area (Å²) in [5, 5.41) is 22.7. The Labute approximate surface area is 236 Å². The zero-order valence-electron chi connectivity index (χ0n) is 24.0. The van der Waals surface area contributed by atoms with Gasteiger partial charge in [-0.15, -0.1) is 0 Å². The predicted molar refractivity (Wildman–Crippen MR) is 152 cm³/mol. The second kappa shape index (κ2) is 16.4. The van der Waals surface area contributed by atoms with Gasteiger partial charge in [-0.05, 0) is 74.6 Å². The molecule has 1 fully saturated rings. The number of aliphatic hydroxyl groups is 2. The van der Waals surface area contributed by atoms with Crippen molar-refractivity contribution >= 4 is 11.8 Å². The Morgan fingerprint density at radius 1 is 1.02 bits per heavy atom. The van der Waals surface area contributed by atoms with E-state index < -0.39 is 23.8 Å². The van der Waals surface area contributed by atoms with Crippen LogP contribution >= 0.6 is 0 Å². The third-order valence-corrected chi connectivity index (χ3v) is 6.55. The Morgan fingerprint density at radius 2 is 1.60 bits per heavy atom. The molecule has 1 aliphatic heterocycles. The highest BCUT2D eigenvalue weighted by Gasteiger charge is 2.25. The number of nitrogens with two attached hydrogens (primary N) is 1. The van der Waals surface area contributed by atoms with Gasteiger partial charge in [0.25, 0.3) is 11.8 Å². The van der Waals surface area contributed by atoms with Crippen molar-refractivity contribution in [2.45, 2.75) is 65.2 Å². The fourth-order valence-electron chi connectivity index (χ4n) is 4.59. The summed E-state index contributed by atoms with van der Waals surface area (Å²) in [7, 11) is 0. The Balaban J connectivity index is 0.000000526. The van der Waals surface area contributed by atoms with Gasteiger partial charge < -0.3 is 26.2 Å². The van der Waals surface area contributed by atoms with E-state index in [-0.39, 0.29) is 24.5 Å². The zero-order chi connectivity index (χ0) is 29.8. The first-order valence-electron chi connectivity index (χ1n) is 13.9. The third kappa shape index (κ3) is 10.9. The standard InChI is InChI=1S/C23H38N4O4.C7H6F2/c1-4-7-27(8-5-2)23(31)18-11-16(3)10-17(12-18)22(30)25-13-20(24)21(29)15-26-9-6-19(28)14-26;1-5-2-6(8)4-7(9)3-5/h10-12,19-21,28-29H,4-9,13-15,24H2,1-3H3,(H,25,30);2-4H,1H3. The van der Waals surface area contributed by atoms with Crippen molar-refractivity contribution in [2.24, 2.45) is 5.73 Å². The number of benzene rings is 2. The van der Waals surface area contributed by atoms with E-state index in [1.807, 2.05) is 30.6 Å². The number of nitrogens with zero attached hydrogens (tertiary/aromatic N) is 2. The van der Waals surface area contributed by atoms with Gasteiger partial charge in [0.15, 0.2) is 0 Å². The molecule has 3 atom stereocenters. The molecule has 0 aromatic heterocycles. The van der Waals surface area contributed by atoms with Crippen LogP contribution < -0.4 is 11.1 Å². The Kier molecular flexibility index (Phi) is 13.6. The maximum absolute atomic E-state index is 12.9. The monoisotopic (exact) mass is 562 g/mol. The molecule has 2 amide bonds. The van der Waals surface area contributed by atoms with Crippen LogP contribution in [0.1, 0.15) is 65.0 Å². The molecule has 0 bridgehead atoms. The van der Waals surface area contributed by atoms with Gasteiger partial charge in [-0.1, -0.05) is 13.8 Å². The number of hydrogen-bond acceptors (Lipinski definition) is 6. The molecule has 10 heteroatoms. The molecule has 2 aromatic rings. The zero-order valence-corrected chi connectivity index (χ0v) is 24.0. The maximum Gasteiger partial charge on any atom is 0.253 e. The minimum atomic E-state index is -0.808. The van der Waals surface area contributed by atoms with E-state index in [1.54, 1.807) is 25.1 Å². The van der Waals surface area contributed by atoms with Crippen LogP contribution in [0, 0.1) is 25.5 Å². The van der Waals surface area contributed by atoms with Crippen LogP contribution in [0.4, 0.5) is 8.78 Å². The highest BCUT2D eigenvalue weighted by Crippen LogP contribution is 2.14. The number of aliphatic hydroxyl groups excluding tert-OH is 2. The van der Waals surface area contributed by atoms with Crippen LogP contribution in [0.15, 0.2) is 36.4 Å². The molecule has 3 rings (SSSR count). The number of halogens is 2. The van der Waals surface area contributed by atoms with Crippen LogP contribution in [0.5, 0.6) is 0 Å². The Hall–Kier alpha value is -2.92. The molecule has 0 aliphatic carbocycles. The Morgan fingerprint density at radius 3 is 2.12 bits per heavy atom. The molecular formula is C30H44F2N4O4. The van der Waals surface area contributed by atoms with Crippen LogP contribution in [-0.2, 0) is 0 Å². The topological polar surface area (TPSA) is 119 Å². The molecule has 0 radical (unpaired) electrons. The lowest BCUT2D eigenvalue weighted by Gasteiger charge is -2.24. The summed E-state index contributed by atoms with van der Waals surface area (Å²) in [4.78, 5) is 29.4. The van der Waals surface area contributed by atoms with Gasteiger partial charge in [0, 0.05) is 62.5 Å². The summed E-state index contributed by atoms with van der Waals surface area (Å²) in [5.41, 5.74) is 8.40. The lowest BCUT2D eigenvalue weighted by atomic mass is 10.0. The lowest BCUT2D eigenvalue weighted by Crippen LogP contribution is -2.49. The summed E-state index contributed by atoms with van der Waals surface area (Å²) in [6.07, 6.45) is 1.29. The van der Waals surface area contributed by atoms with E-state index in [0.29, 0.717) is 49.3 Å². The highest BCUT2D eigenvalue weighted by atomic mass is 19.1. The molecule has 5 N–H and O–H groups in total. The largest absolute Gasteiger partial charge is 0.392 e. The van der Waals surface area contributed by atoms with Crippen LogP contribution in [-0.4, -0.2) is 89.3 Å². The number of nitrogens with one attached hydrogen (secondary N) is 1. The normalized spacial score (nSPS) is 16.6. The van der Waals surface area contributed by atoms with Crippen LogP contribution in [0.3, 0.4) is 0 Å². The average molecular weight is 563 g/mol. The van der Waals surface area contributed by atoms with Crippen molar-refractivity contribution < 1.29 is 28.6 Å². The first-order valence-corrected chi connectivity index (χ1v) is 13.9. The second-order valence-corrected chi connectivity index (χ2v) is 10.5. The number of carbonyl (C=O) groups excluding carboxylic acids is 2. The van der Waals surface area contributed by atoms with E-state index >= 15 is 0 Å². The molecule has 0 spiro atoms. The molecule has 1 heterocycles. The minimum Gasteiger partial charge on any atom is -0.392 e. The predicted octanol–water partition coefficient (Wildman–Crippen LogP) is 3.02. The first kappa shape index (κ1) is 33.3. The second-order valence-electron chi connectivity index (χ2n) is 10.5. The van der Waals surface area contributed by atoms with Crippen molar-refractivity contribution in [3.05, 3.63) is 70.3 Å². The van der Waals surface area contributed by atoms with Crippen molar-refractivity contribution in [2.75, 3.05) is 39.3 Å². The fourth-order valence-corrected chi connectivity index (χ4v) is 4.59. The molecule has 222 valence electrons. The van der Waals surface area contributed by atoms with E-state index in [4.69, 9.17) is 5.73 Å². The molecule has 2 aromatic carbocycles. The number of aryl methyl sites for hydroxylation is 2. The summed E-state index contributed by atoms with van der Waals surface area (Å²) in [6, 6.07) is 7.95. The van der Waals surface area contributed by atoms with Gasteiger partial charge in [0.1, 0.15) is 11.6 Å². The van der Waals surface area contributed by atoms with Gasteiger partial charge in [0.05, 0.1) is 12.2 Å². The van der Waals surface area contributed by atoms with E-state index in [1.165, 1.54) is 12.1 Å². The molecule has 0 saturated carbocycles. The first-order chi connectivity index (χ1) is 18.9. The molecule has 8 nitrogen and oxygen atoms in total. The number of β-amino-alcohol motifs (C(OH)–C–C–N with tert-alkyl or cyclic N) is 2. The number of rotatable bonds is 11. The van der Waals surface area contributed by atoms with Gasteiger partial charge in [-0.2, -0.15) is 0 Å². The van der Waals surface area contributed by atoms with Gasteiger partial charge in [-0.25, -0.2) is 8.78 Å². The average Bonchev–Trinajstić information content (AvgIpc) is 3.29. The van der Waals surface area contributed by atoms with Crippen molar-refractivity contribution in [3.63, 3.8) is 0 Å². The smallest absolute Gasteiger partial charge is 0.253 e. The highest BCUT2D eigenvalue weighted by molar-refractivity contribution is 6.00.